The molecule has 17 heavy (non-hydrogen) atoms. The first-order valence-corrected chi connectivity index (χ1v) is 6.14. The quantitative estimate of drug-likeness (QED) is 0.827. The van der Waals surface area contributed by atoms with Gasteiger partial charge < -0.3 is 5.32 Å². The lowest BCUT2D eigenvalue weighted by molar-refractivity contribution is -0.120. The van der Waals surface area contributed by atoms with Crippen LogP contribution in [0.15, 0.2) is 42.5 Å². The summed E-state index contributed by atoms with van der Waals surface area (Å²) >= 11 is 5.53. The Hall–Kier alpha value is -1.54. The van der Waals surface area contributed by atoms with Gasteiger partial charge in [0.25, 0.3) is 0 Å². The molecule has 0 saturated carbocycles. The van der Waals surface area contributed by atoms with Gasteiger partial charge in [-0.25, -0.2) is 0 Å². The Morgan fingerprint density at radius 1 is 1.12 bits per heavy atom. The molecule has 0 radical (unpaired) electrons. The topological polar surface area (TPSA) is 29.1 Å². The van der Waals surface area contributed by atoms with E-state index in [2.05, 4.69) is 17.4 Å². The summed E-state index contributed by atoms with van der Waals surface area (Å²) in [4.78, 5) is 11.6. The Labute approximate surface area is 106 Å². The summed E-state index contributed by atoms with van der Waals surface area (Å²) in [7, 11) is 0. The molecule has 88 valence electrons. The standard InChI is InChI=1S/C14H14ClNO/c15-8-9-16-14(17)10-12-6-3-5-11-4-1-2-7-13(11)12/h1-7H,8-10H2,(H,16,17). The van der Waals surface area contributed by atoms with Crippen LogP contribution < -0.4 is 5.32 Å². The van der Waals surface area contributed by atoms with E-state index < -0.39 is 0 Å². The maximum Gasteiger partial charge on any atom is 0.224 e. The van der Waals surface area contributed by atoms with Crippen molar-refractivity contribution in [3.63, 3.8) is 0 Å². The van der Waals surface area contributed by atoms with Gasteiger partial charge in [0.05, 0.1) is 6.42 Å². The van der Waals surface area contributed by atoms with Gasteiger partial charge in [-0.05, 0) is 16.3 Å². The first-order chi connectivity index (χ1) is 8.31. The van der Waals surface area contributed by atoms with Crippen LogP contribution in [0.1, 0.15) is 5.56 Å². The SMILES string of the molecule is O=C(Cc1cccc2ccccc12)NCCCl. The number of fused-ring (bicyclic) bond motifs is 1. The smallest absolute Gasteiger partial charge is 0.224 e. The highest BCUT2D eigenvalue weighted by molar-refractivity contribution is 6.18. The minimum Gasteiger partial charge on any atom is -0.355 e. The van der Waals surface area contributed by atoms with E-state index in [-0.39, 0.29) is 5.91 Å². The number of hydrogen-bond donors (Lipinski definition) is 1. The van der Waals surface area contributed by atoms with Crippen LogP contribution in [-0.4, -0.2) is 18.3 Å². The fourth-order valence-corrected chi connectivity index (χ4v) is 1.96. The highest BCUT2D eigenvalue weighted by Gasteiger charge is 2.05. The molecule has 1 amide bonds. The van der Waals surface area contributed by atoms with Crippen LogP contribution in [0, 0.1) is 0 Å². The molecular formula is C14H14ClNO. The lowest BCUT2D eigenvalue weighted by Crippen LogP contribution is -2.26. The molecule has 0 aromatic heterocycles. The zero-order valence-corrected chi connectivity index (χ0v) is 10.2. The first kappa shape index (κ1) is 11.9. The Bertz CT molecular complexity index is 519. The van der Waals surface area contributed by atoms with Crippen molar-refractivity contribution in [2.75, 3.05) is 12.4 Å². The Kier molecular flexibility index (Phi) is 3.99. The molecule has 1 N–H and O–H groups in total. The minimum atomic E-state index is 0.0157. The third-order valence-electron chi connectivity index (χ3n) is 2.65. The average Bonchev–Trinajstić information content (AvgIpc) is 2.37. The monoisotopic (exact) mass is 247 g/mol. The number of carbonyl (C=O) groups is 1. The highest BCUT2D eigenvalue weighted by atomic mass is 35.5. The van der Waals surface area contributed by atoms with Crippen molar-refractivity contribution in [2.24, 2.45) is 0 Å². The van der Waals surface area contributed by atoms with Crippen molar-refractivity contribution in [2.45, 2.75) is 6.42 Å². The summed E-state index contributed by atoms with van der Waals surface area (Å²) in [6.45, 7) is 0.519. The molecule has 0 aliphatic carbocycles. The molecule has 0 bridgehead atoms. The summed E-state index contributed by atoms with van der Waals surface area (Å²) in [6, 6.07) is 14.1. The summed E-state index contributed by atoms with van der Waals surface area (Å²) in [5.74, 6) is 0.461. The molecule has 2 aromatic carbocycles. The number of carbonyl (C=O) groups excluding carboxylic acids is 1. The summed E-state index contributed by atoms with van der Waals surface area (Å²) in [5.41, 5.74) is 1.05. The maximum atomic E-state index is 11.6. The minimum absolute atomic E-state index is 0.0157. The fraction of sp³-hybridized carbons (Fsp3) is 0.214. The van der Waals surface area contributed by atoms with Crippen molar-refractivity contribution in [3.8, 4) is 0 Å². The van der Waals surface area contributed by atoms with E-state index in [1.54, 1.807) is 0 Å². The van der Waals surface area contributed by atoms with Gasteiger partial charge in [0.2, 0.25) is 5.91 Å². The zero-order chi connectivity index (χ0) is 12.1. The number of halogens is 1. The van der Waals surface area contributed by atoms with Crippen LogP contribution in [0.4, 0.5) is 0 Å². The largest absolute Gasteiger partial charge is 0.355 e. The predicted molar refractivity (Wildman–Crippen MR) is 71.4 cm³/mol. The van der Waals surface area contributed by atoms with Gasteiger partial charge in [-0.15, -0.1) is 11.6 Å². The summed E-state index contributed by atoms with van der Waals surface area (Å²) in [5, 5.41) is 5.07. The molecule has 0 aliphatic heterocycles. The van der Waals surface area contributed by atoms with Crippen molar-refractivity contribution >= 4 is 28.3 Å². The van der Waals surface area contributed by atoms with E-state index >= 15 is 0 Å². The second-order valence-electron chi connectivity index (χ2n) is 3.85. The molecule has 2 rings (SSSR count). The maximum absolute atomic E-state index is 11.6. The van der Waals surface area contributed by atoms with E-state index in [1.807, 2.05) is 30.3 Å². The Balaban J connectivity index is 2.21. The lowest BCUT2D eigenvalue weighted by Gasteiger charge is -2.06. The molecular weight excluding hydrogens is 234 g/mol. The normalized spacial score (nSPS) is 10.4. The molecule has 0 fully saturated rings. The number of benzene rings is 2. The highest BCUT2D eigenvalue weighted by Crippen LogP contribution is 2.18. The fourth-order valence-electron chi connectivity index (χ4n) is 1.87. The van der Waals surface area contributed by atoms with E-state index in [4.69, 9.17) is 11.6 Å². The summed E-state index contributed by atoms with van der Waals surface area (Å²) in [6.07, 6.45) is 0.401. The molecule has 0 atom stereocenters. The molecule has 0 heterocycles. The van der Waals surface area contributed by atoms with Crippen LogP contribution in [0.25, 0.3) is 10.8 Å². The number of rotatable bonds is 4. The second-order valence-corrected chi connectivity index (χ2v) is 4.23. The van der Waals surface area contributed by atoms with Gasteiger partial charge in [0.15, 0.2) is 0 Å². The molecule has 0 saturated heterocycles. The second kappa shape index (κ2) is 5.69. The van der Waals surface area contributed by atoms with Crippen molar-refractivity contribution in [1.82, 2.24) is 5.32 Å². The van der Waals surface area contributed by atoms with Crippen LogP contribution in [0.5, 0.6) is 0 Å². The van der Waals surface area contributed by atoms with E-state index in [0.29, 0.717) is 18.8 Å². The molecule has 2 aromatic rings. The van der Waals surface area contributed by atoms with Crippen LogP contribution >= 0.6 is 11.6 Å². The van der Waals surface area contributed by atoms with Crippen molar-refractivity contribution in [3.05, 3.63) is 48.0 Å². The number of nitrogens with one attached hydrogen (secondary N) is 1. The van der Waals surface area contributed by atoms with Gasteiger partial charge in [-0.2, -0.15) is 0 Å². The van der Waals surface area contributed by atoms with Crippen molar-refractivity contribution in [1.29, 1.82) is 0 Å². The zero-order valence-electron chi connectivity index (χ0n) is 9.45. The van der Waals surface area contributed by atoms with Crippen LogP contribution in [0.3, 0.4) is 0 Å². The van der Waals surface area contributed by atoms with E-state index in [1.165, 1.54) is 0 Å². The third-order valence-corrected chi connectivity index (χ3v) is 2.84. The lowest BCUT2D eigenvalue weighted by atomic mass is 10.0. The predicted octanol–water partition coefficient (Wildman–Crippen LogP) is 2.74. The molecule has 2 nitrogen and oxygen atoms in total. The van der Waals surface area contributed by atoms with E-state index in [9.17, 15) is 4.79 Å². The van der Waals surface area contributed by atoms with Crippen LogP contribution in [0.2, 0.25) is 0 Å². The Morgan fingerprint density at radius 3 is 2.71 bits per heavy atom. The first-order valence-electron chi connectivity index (χ1n) is 5.60. The molecule has 0 unspecified atom stereocenters. The van der Waals surface area contributed by atoms with Crippen molar-refractivity contribution < 1.29 is 4.79 Å². The van der Waals surface area contributed by atoms with Gasteiger partial charge in [0, 0.05) is 12.4 Å². The van der Waals surface area contributed by atoms with Gasteiger partial charge in [-0.3, -0.25) is 4.79 Å². The molecule has 0 spiro atoms. The van der Waals surface area contributed by atoms with Gasteiger partial charge in [-0.1, -0.05) is 42.5 Å². The number of hydrogen-bond acceptors (Lipinski definition) is 1. The molecule has 0 aliphatic rings. The van der Waals surface area contributed by atoms with Gasteiger partial charge >= 0.3 is 0 Å². The van der Waals surface area contributed by atoms with Crippen LogP contribution in [-0.2, 0) is 11.2 Å². The average molecular weight is 248 g/mol. The third kappa shape index (κ3) is 2.98. The summed E-state index contributed by atoms with van der Waals surface area (Å²) < 4.78 is 0. The van der Waals surface area contributed by atoms with E-state index in [0.717, 1.165) is 16.3 Å². The number of amides is 1. The number of alkyl halides is 1. The van der Waals surface area contributed by atoms with Gasteiger partial charge in [0.1, 0.15) is 0 Å². The molecule has 3 heteroatoms. The Morgan fingerprint density at radius 2 is 1.88 bits per heavy atom.